The van der Waals surface area contributed by atoms with Crippen LogP contribution in [0.2, 0.25) is 5.02 Å². The molecular weight excluding hydrogens is 340 g/mol. The average molecular weight is 367 g/mol. The number of nitrogens with zero attached hydrogens (tertiary/aromatic N) is 1. The number of nitrogens with one attached hydrogen (secondary N) is 1. The third-order valence-corrected chi connectivity index (χ3v) is 5.21. The van der Waals surface area contributed by atoms with Gasteiger partial charge >= 0.3 is 0 Å². The maximum atomic E-state index is 12.3. The van der Waals surface area contributed by atoms with Crippen LogP contribution in [0.4, 0.5) is 0 Å². The van der Waals surface area contributed by atoms with Gasteiger partial charge in [-0.15, -0.1) is 0 Å². The van der Waals surface area contributed by atoms with Crippen LogP contribution in [0.3, 0.4) is 0 Å². The smallest absolute Gasteiger partial charge is 0.224 e. The summed E-state index contributed by atoms with van der Waals surface area (Å²) in [6, 6.07) is 3.98. The Labute approximate surface area is 154 Å². The number of likely N-dealkylation sites (tertiary alicyclic amines) is 1. The van der Waals surface area contributed by atoms with Gasteiger partial charge in [-0.25, -0.2) is 0 Å². The van der Waals surface area contributed by atoms with Crippen molar-refractivity contribution in [3.8, 4) is 11.5 Å². The molecule has 2 unspecified atom stereocenters. The largest absolute Gasteiger partial charge is 0.486 e. The molecule has 2 aliphatic heterocycles. The van der Waals surface area contributed by atoms with E-state index in [2.05, 4.69) is 24.1 Å². The predicted octanol–water partition coefficient (Wildman–Crippen LogP) is 2.89. The van der Waals surface area contributed by atoms with E-state index < -0.39 is 0 Å². The monoisotopic (exact) mass is 366 g/mol. The topological polar surface area (TPSA) is 50.8 Å². The number of hydrogen-bond acceptors (Lipinski definition) is 4. The molecule has 3 rings (SSSR count). The lowest BCUT2D eigenvalue weighted by Gasteiger charge is -2.35. The molecule has 1 aromatic carbocycles. The van der Waals surface area contributed by atoms with Crippen LogP contribution >= 0.6 is 11.6 Å². The molecule has 1 fully saturated rings. The summed E-state index contributed by atoms with van der Waals surface area (Å²) in [7, 11) is 0. The van der Waals surface area contributed by atoms with Crippen LogP contribution in [-0.4, -0.2) is 49.7 Å². The zero-order chi connectivity index (χ0) is 17.8. The van der Waals surface area contributed by atoms with Crippen LogP contribution in [0.15, 0.2) is 12.1 Å². The van der Waals surface area contributed by atoms with Crippen LogP contribution in [0.5, 0.6) is 11.5 Å². The highest BCUT2D eigenvalue weighted by Crippen LogP contribution is 2.38. The van der Waals surface area contributed by atoms with Crippen molar-refractivity contribution >= 4 is 17.5 Å². The second-order valence-corrected chi connectivity index (χ2v) is 7.58. The normalized spacial score (nSPS) is 21.6. The zero-order valence-corrected chi connectivity index (χ0v) is 15.8. The molecule has 2 heterocycles. The predicted molar refractivity (Wildman–Crippen MR) is 98.6 cm³/mol. The van der Waals surface area contributed by atoms with Crippen molar-refractivity contribution in [3.05, 3.63) is 22.7 Å². The molecule has 6 heteroatoms. The SMILES string of the molecule is CC1CCCN(C(C)CNC(=O)Cc2cc(Cl)c3c(c2)OCCO3)C1. The van der Waals surface area contributed by atoms with Crippen LogP contribution in [-0.2, 0) is 11.2 Å². The van der Waals surface area contributed by atoms with Crippen molar-refractivity contribution < 1.29 is 14.3 Å². The number of fused-ring (bicyclic) bond motifs is 1. The highest BCUT2D eigenvalue weighted by atomic mass is 35.5. The molecular formula is C19H27ClN2O3. The van der Waals surface area contributed by atoms with Gasteiger partial charge in [-0.1, -0.05) is 18.5 Å². The quantitative estimate of drug-likeness (QED) is 0.870. The third-order valence-electron chi connectivity index (χ3n) is 4.93. The lowest BCUT2D eigenvalue weighted by molar-refractivity contribution is -0.120. The molecule has 5 nitrogen and oxygen atoms in total. The van der Waals surface area contributed by atoms with Gasteiger partial charge in [-0.05, 0) is 49.9 Å². The summed E-state index contributed by atoms with van der Waals surface area (Å²) >= 11 is 6.23. The summed E-state index contributed by atoms with van der Waals surface area (Å²) in [6.07, 6.45) is 2.84. The second-order valence-electron chi connectivity index (χ2n) is 7.17. The van der Waals surface area contributed by atoms with E-state index in [9.17, 15) is 4.79 Å². The molecule has 1 aromatic rings. The summed E-state index contributed by atoms with van der Waals surface area (Å²) in [4.78, 5) is 14.8. The van der Waals surface area contributed by atoms with Crippen molar-refractivity contribution in [1.82, 2.24) is 10.2 Å². The van der Waals surface area contributed by atoms with Gasteiger partial charge in [0.05, 0.1) is 11.4 Å². The van der Waals surface area contributed by atoms with E-state index in [1.54, 1.807) is 6.07 Å². The van der Waals surface area contributed by atoms with E-state index in [4.69, 9.17) is 21.1 Å². The Morgan fingerprint density at radius 1 is 1.40 bits per heavy atom. The number of piperidine rings is 1. The lowest BCUT2D eigenvalue weighted by atomic mass is 9.99. The molecule has 25 heavy (non-hydrogen) atoms. The minimum atomic E-state index is 0.00431. The summed E-state index contributed by atoms with van der Waals surface area (Å²) in [5.41, 5.74) is 0.839. The molecule has 0 saturated carbocycles. The number of halogens is 1. The number of hydrogen-bond donors (Lipinski definition) is 1. The molecule has 1 saturated heterocycles. The number of carbonyl (C=O) groups is 1. The summed E-state index contributed by atoms with van der Waals surface area (Å²) in [5.74, 6) is 1.94. The molecule has 2 aliphatic rings. The van der Waals surface area contributed by atoms with Gasteiger partial charge in [0.15, 0.2) is 11.5 Å². The summed E-state index contributed by atoms with van der Waals surface area (Å²) < 4.78 is 11.1. The van der Waals surface area contributed by atoms with E-state index in [1.165, 1.54) is 12.8 Å². The Morgan fingerprint density at radius 2 is 2.20 bits per heavy atom. The Balaban J connectivity index is 1.51. The van der Waals surface area contributed by atoms with Crippen LogP contribution in [0.1, 0.15) is 32.3 Å². The van der Waals surface area contributed by atoms with Gasteiger partial charge in [-0.3, -0.25) is 9.69 Å². The zero-order valence-electron chi connectivity index (χ0n) is 15.0. The lowest BCUT2D eigenvalue weighted by Crippen LogP contribution is -2.46. The summed E-state index contributed by atoms with van der Waals surface area (Å²) in [5, 5.41) is 3.54. The van der Waals surface area contributed by atoms with Crippen LogP contribution in [0.25, 0.3) is 0 Å². The van der Waals surface area contributed by atoms with Gasteiger partial charge in [-0.2, -0.15) is 0 Å². The van der Waals surface area contributed by atoms with Crippen LogP contribution in [0, 0.1) is 5.92 Å². The Kier molecular flexibility index (Phi) is 6.07. The standard InChI is InChI=1S/C19H27ClN2O3/c1-13-4-3-5-22(12-13)14(2)11-21-18(23)10-15-8-16(20)19-17(9-15)24-6-7-25-19/h8-9,13-14H,3-7,10-12H2,1-2H3,(H,21,23). The first-order valence-corrected chi connectivity index (χ1v) is 9.49. The molecule has 0 bridgehead atoms. The molecule has 1 N–H and O–H groups in total. The molecule has 0 radical (unpaired) electrons. The fourth-order valence-corrected chi connectivity index (χ4v) is 3.82. The van der Waals surface area contributed by atoms with Crippen molar-refractivity contribution in [2.75, 3.05) is 32.8 Å². The van der Waals surface area contributed by atoms with Crippen molar-refractivity contribution in [3.63, 3.8) is 0 Å². The van der Waals surface area contributed by atoms with E-state index in [1.807, 2.05) is 6.07 Å². The van der Waals surface area contributed by atoms with Gasteiger partial charge in [0, 0.05) is 19.1 Å². The maximum absolute atomic E-state index is 12.3. The number of rotatable bonds is 5. The van der Waals surface area contributed by atoms with Crippen molar-refractivity contribution in [2.24, 2.45) is 5.92 Å². The molecule has 0 spiro atoms. The molecule has 0 aromatic heterocycles. The van der Waals surface area contributed by atoms with Gasteiger partial charge in [0.1, 0.15) is 13.2 Å². The molecule has 0 aliphatic carbocycles. The Morgan fingerprint density at radius 3 is 3.00 bits per heavy atom. The number of benzene rings is 1. The number of carbonyl (C=O) groups excluding carboxylic acids is 1. The van der Waals surface area contributed by atoms with E-state index in [0.717, 1.165) is 24.6 Å². The third kappa shape index (κ3) is 4.79. The highest BCUT2D eigenvalue weighted by molar-refractivity contribution is 6.32. The number of amides is 1. The minimum absolute atomic E-state index is 0.00431. The van der Waals surface area contributed by atoms with Gasteiger partial charge < -0.3 is 14.8 Å². The van der Waals surface area contributed by atoms with Gasteiger partial charge in [0.25, 0.3) is 0 Å². The first-order chi connectivity index (χ1) is 12.0. The minimum Gasteiger partial charge on any atom is -0.486 e. The Bertz CT molecular complexity index is 623. The Hall–Kier alpha value is -1.46. The number of ether oxygens (including phenoxy) is 2. The first kappa shape index (κ1) is 18.3. The fraction of sp³-hybridized carbons (Fsp3) is 0.632. The average Bonchev–Trinajstić information content (AvgIpc) is 2.60. The molecule has 138 valence electrons. The van der Waals surface area contributed by atoms with Gasteiger partial charge in [0.2, 0.25) is 5.91 Å². The van der Waals surface area contributed by atoms with Crippen LogP contribution < -0.4 is 14.8 Å². The molecule has 2 atom stereocenters. The first-order valence-electron chi connectivity index (χ1n) is 9.11. The fourth-order valence-electron chi connectivity index (χ4n) is 3.53. The van der Waals surface area contributed by atoms with E-state index in [0.29, 0.717) is 48.7 Å². The van der Waals surface area contributed by atoms with E-state index in [-0.39, 0.29) is 5.91 Å². The second kappa shape index (κ2) is 8.28. The summed E-state index contributed by atoms with van der Waals surface area (Å²) in [6.45, 7) is 8.39. The molecule has 1 amide bonds. The van der Waals surface area contributed by atoms with Crippen molar-refractivity contribution in [2.45, 2.75) is 39.2 Å². The van der Waals surface area contributed by atoms with E-state index >= 15 is 0 Å². The highest BCUT2D eigenvalue weighted by Gasteiger charge is 2.22. The maximum Gasteiger partial charge on any atom is 0.224 e. The van der Waals surface area contributed by atoms with Crippen molar-refractivity contribution in [1.29, 1.82) is 0 Å².